The van der Waals surface area contributed by atoms with E-state index in [1.165, 1.54) is 0 Å². The summed E-state index contributed by atoms with van der Waals surface area (Å²) in [5.74, 6) is -0.297. The highest BCUT2D eigenvalue weighted by Gasteiger charge is 2.41. The Bertz CT molecular complexity index is 402. The van der Waals surface area contributed by atoms with Crippen molar-refractivity contribution in [3.8, 4) is 0 Å². The van der Waals surface area contributed by atoms with E-state index < -0.39 is 5.79 Å². The van der Waals surface area contributed by atoms with Gasteiger partial charge in [0.15, 0.2) is 5.79 Å². The lowest BCUT2D eigenvalue weighted by Crippen LogP contribution is -2.38. The molecule has 6 nitrogen and oxygen atoms in total. The SMILES string of the molecule is O=C(Nc1cn[nH]c1)C1CCC2(CC1)OCCO2. The van der Waals surface area contributed by atoms with Gasteiger partial charge in [0.25, 0.3) is 0 Å². The number of hydrogen-bond donors (Lipinski definition) is 2. The van der Waals surface area contributed by atoms with Crippen LogP contribution in [0.5, 0.6) is 0 Å². The fraction of sp³-hybridized carbons (Fsp3) is 0.667. The van der Waals surface area contributed by atoms with Gasteiger partial charge in [0.2, 0.25) is 5.91 Å². The third-order valence-electron chi connectivity index (χ3n) is 3.70. The number of anilines is 1. The minimum absolute atomic E-state index is 0.0401. The average Bonchev–Trinajstić information content (AvgIpc) is 3.03. The fourth-order valence-electron chi connectivity index (χ4n) is 2.67. The van der Waals surface area contributed by atoms with E-state index in [-0.39, 0.29) is 11.8 Å². The van der Waals surface area contributed by atoms with Gasteiger partial charge in [-0.15, -0.1) is 0 Å². The van der Waals surface area contributed by atoms with E-state index >= 15 is 0 Å². The van der Waals surface area contributed by atoms with Gasteiger partial charge in [0.05, 0.1) is 25.1 Å². The van der Waals surface area contributed by atoms with Crippen molar-refractivity contribution in [3.05, 3.63) is 12.4 Å². The van der Waals surface area contributed by atoms with Crippen LogP contribution in [-0.2, 0) is 14.3 Å². The number of carbonyl (C=O) groups is 1. The Morgan fingerprint density at radius 3 is 2.72 bits per heavy atom. The van der Waals surface area contributed by atoms with Crippen molar-refractivity contribution in [1.82, 2.24) is 10.2 Å². The summed E-state index contributed by atoms with van der Waals surface area (Å²) >= 11 is 0. The van der Waals surface area contributed by atoms with Crippen LogP contribution in [0.25, 0.3) is 0 Å². The molecular formula is C12H17N3O3. The Morgan fingerprint density at radius 2 is 2.11 bits per heavy atom. The zero-order valence-corrected chi connectivity index (χ0v) is 10.1. The van der Waals surface area contributed by atoms with Crippen LogP contribution in [0.2, 0.25) is 0 Å². The number of H-pyrrole nitrogens is 1. The number of carbonyl (C=O) groups excluding carboxylic acids is 1. The lowest BCUT2D eigenvalue weighted by Gasteiger charge is -2.34. The zero-order chi connectivity index (χ0) is 12.4. The Balaban J connectivity index is 1.54. The van der Waals surface area contributed by atoms with E-state index in [9.17, 15) is 4.79 Å². The van der Waals surface area contributed by atoms with Crippen molar-refractivity contribution in [2.45, 2.75) is 31.5 Å². The van der Waals surface area contributed by atoms with E-state index in [1.807, 2.05) is 0 Å². The number of amides is 1. The first-order valence-electron chi connectivity index (χ1n) is 6.35. The van der Waals surface area contributed by atoms with Crippen molar-refractivity contribution in [2.24, 2.45) is 5.92 Å². The molecule has 2 aliphatic rings. The van der Waals surface area contributed by atoms with Crippen LogP contribution in [-0.4, -0.2) is 35.1 Å². The van der Waals surface area contributed by atoms with E-state index in [4.69, 9.17) is 9.47 Å². The van der Waals surface area contributed by atoms with E-state index in [0.29, 0.717) is 18.9 Å². The van der Waals surface area contributed by atoms with Crippen molar-refractivity contribution >= 4 is 11.6 Å². The van der Waals surface area contributed by atoms with E-state index in [1.54, 1.807) is 12.4 Å². The molecule has 0 bridgehead atoms. The highest BCUT2D eigenvalue weighted by molar-refractivity contribution is 5.92. The topological polar surface area (TPSA) is 76.2 Å². The lowest BCUT2D eigenvalue weighted by atomic mass is 9.84. The molecule has 1 aliphatic carbocycles. The van der Waals surface area contributed by atoms with Crippen molar-refractivity contribution in [1.29, 1.82) is 0 Å². The van der Waals surface area contributed by atoms with Gasteiger partial charge in [-0.05, 0) is 12.8 Å². The Hall–Kier alpha value is -1.40. The molecule has 1 aromatic heterocycles. The maximum absolute atomic E-state index is 12.0. The monoisotopic (exact) mass is 251 g/mol. The molecule has 2 N–H and O–H groups in total. The second-order valence-corrected chi connectivity index (χ2v) is 4.86. The van der Waals surface area contributed by atoms with Crippen LogP contribution < -0.4 is 5.32 Å². The Morgan fingerprint density at radius 1 is 1.39 bits per heavy atom. The third-order valence-corrected chi connectivity index (χ3v) is 3.70. The third kappa shape index (κ3) is 2.26. The van der Waals surface area contributed by atoms with Gasteiger partial charge in [0.1, 0.15) is 0 Å². The Kier molecular flexibility index (Phi) is 3.05. The number of ether oxygens (including phenoxy) is 2. The molecule has 18 heavy (non-hydrogen) atoms. The minimum Gasteiger partial charge on any atom is -0.348 e. The second-order valence-electron chi connectivity index (χ2n) is 4.86. The molecule has 0 unspecified atom stereocenters. The molecule has 1 spiro atoms. The summed E-state index contributed by atoms with van der Waals surface area (Å²) in [5, 5.41) is 9.33. The summed E-state index contributed by atoms with van der Waals surface area (Å²) in [4.78, 5) is 12.0. The molecule has 1 aliphatic heterocycles. The Labute approximate surface area is 105 Å². The van der Waals surface area contributed by atoms with Gasteiger partial charge < -0.3 is 14.8 Å². The predicted molar refractivity (Wildman–Crippen MR) is 63.8 cm³/mol. The summed E-state index contributed by atoms with van der Waals surface area (Å²) in [5.41, 5.74) is 0.716. The number of nitrogens with one attached hydrogen (secondary N) is 2. The summed E-state index contributed by atoms with van der Waals surface area (Å²) in [6.45, 7) is 1.35. The maximum atomic E-state index is 12.0. The van der Waals surface area contributed by atoms with Gasteiger partial charge in [0, 0.05) is 25.0 Å². The average molecular weight is 251 g/mol. The van der Waals surface area contributed by atoms with Crippen LogP contribution in [0.15, 0.2) is 12.4 Å². The van der Waals surface area contributed by atoms with Crippen LogP contribution in [0.1, 0.15) is 25.7 Å². The first kappa shape index (κ1) is 11.7. The van der Waals surface area contributed by atoms with Gasteiger partial charge in [-0.3, -0.25) is 9.89 Å². The molecule has 2 fully saturated rings. The molecule has 2 heterocycles. The summed E-state index contributed by atoms with van der Waals surface area (Å²) in [6.07, 6.45) is 6.50. The lowest BCUT2D eigenvalue weighted by molar-refractivity contribution is -0.182. The molecule has 1 saturated heterocycles. The van der Waals surface area contributed by atoms with Crippen molar-refractivity contribution < 1.29 is 14.3 Å². The van der Waals surface area contributed by atoms with Crippen molar-refractivity contribution in [2.75, 3.05) is 18.5 Å². The highest BCUT2D eigenvalue weighted by atomic mass is 16.7. The second kappa shape index (κ2) is 4.70. The van der Waals surface area contributed by atoms with Crippen LogP contribution in [0.3, 0.4) is 0 Å². The fourth-order valence-corrected chi connectivity index (χ4v) is 2.67. The van der Waals surface area contributed by atoms with Gasteiger partial charge in [-0.1, -0.05) is 0 Å². The first-order chi connectivity index (χ1) is 8.77. The minimum atomic E-state index is -0.396. The van der Waals surface area contributed by atoms with Gasteiger partial charge in [-0.2, -0.15) is 5.10 Å². The van der Waals surface area contributed by atoms with Crippen LogP contribution in [0, 0.1) is 5.92 Å². The smallest absolute Gasteiger partial charge is 0.227 e. The van der Waals surface area contributed by atoms with Crippen LogP contribution >= 0.6 is 0 Å². The molecule has 1 aromatic rings. The van der Waals surface area contributed by atoms with Crippen molar-refractivity contribution in [3.63, 3.8) is 0 Å². The first-order valence-corrected chi connectivity index (χ1v) is 6.35. The summed E-state index contributed by atoms with van der Waals surface area (Å²) < 4.78 is 11.3. The largest absolute Gasteiger partial charge is 0.348 e. The molecule has 0 radical (unpaired) electrons. The summed E-state index contributed by atoms with van der Waals surface area (Å²) in [7, 11) is 0. The highest BCUT2D eigenvalue weighted by Crippen LogP contribution is 2.38. The molecule has 6 heteroatoms. The summed E-state index contributed by atoms with van der Waals surface area (Å²) in [6, 6.07) is 0. The van der Waals surface area contributed by atoms with E-state index in [2.05, 4.69) is 15.5 Å². The number of aromatic nitrogens is 2. The van der Waals surface area contributed by atoms with Crippen LogP contribution in [0.4, 0.5) is 5.69 Å². The molecule has 98 valence electrons. The number of rotatable bonds is 2. The van der Waals surface area contributed by atoms with E-state index in [0.717, 1.165) is 25.7 Å². The maximum Gasteiger partial charge on any atom is 0.227 e. The number of hydrogen-bond acceptors (Lipinski definition) is 4. The molecular weight excluding hydrogens is 234 g/mol. The molecule has 0 aromatic carbocycles. The van der Waals surface area contributed by atoms with Gasteiger partial charge in [-0.25, -0.2) is 0 Å². The quantitative estimate of drug-likeness (QED) is 0.830. The molecule has 1 saturated carbocycles. The normalized spacial score (nSPS) is 23.3. The molecule has 3 rings (SSSR count). The number of aromatic amines is 1. The standard InChI is InChI=1S/C12H17N3O3/c16-11(15-10-7-13-14-8-10)9-1-3-12(4-2-9)17-5-6-18-12/h7-9H,1-6H2,(H,13,14)(H,15,16). The predicted octanol–water partition coefficient (Wildman–Crippen LogP) is 1.28. The molecule has 1 amide bonds. The number of nitrogens with zero attached hydrogens (tertiary/aromatic N) is 1. The van der Waals surface area contributed by atoms with Gasteiger partial charge >= 0.3 is 0 Å². The zero-order valence-electron chi connectivity index (χ0n) is 10.1. The molecule has 0 atom stereocenters.